The van der Waals surface area contributed by atoms with E-state index in [2.05, 4.69) is 0 Å². The van der Waals surface area contributed by atoms with E-state index in [0.717, 1.165) is 23.2 Å². The van der Waals surface area contributed by atoms with E-state index in [-0.39, 0.29) is 11.9 Å². The maximum absolute atomic E-state index is 12.8. The topological polar surface area (TPSA) is 46.6 Å². The Morgan fingerprint density at radius 1 is 1.17 bits per heavy atom. The van der Waals surface area contributed by atoms with E-state index in [4.69, 9.17) is 4.74 Å². The maximum Gasteiger partial charge on any atom is 0.338 e. The summed E-state index contributed by atoms with van der Waals surface area (Å²) in [6.45, 7) is 5.55. The van der Waals surface area contributed by atoms with E-state index in [1.165, 1.54) is 0 Å². The van der Waals surface area contributed by atoms with E-state index in [1.54, 1.807) is 30.0 Å². The van der Waals surface area contributed by atoms with Crippen molar-refractivity contribution in [3.8, 4) is 0 Å². The molecule has 0 radical (unpaired) electrons. The molecule has 2 atom stereocenters. The molecule has 2 aromatic rings. The van der Waals surface area contributed by atoms with E-state index in [0.29, 0.717) is 5.56 Å². The van der Waals surface area contributed by atoms with E-state index >= 15 is 0 Å². The Hall–Kier alpha value is -2.62. The van der Waals surface area contributed by atoms with Crippen LogP contribution in [0.2, 0.25) is 0 Å². The van der Waals surface area contributed by atoms with Crippen molar-refractivity contribution < 1.29 is 14.3 Å². The highest BCUT2D eigenvalue weighted by atomic mass is 16.5. The molecule has 2 aromatic carbocycles. The van der Waals surface area contributed by atoms with Crippen molar-refractivity contribution >= 4 is 17.6 Å². The highest BCUT2D eigenvalue weighted by Gasteiger charge is 2.34. The van der Waals surface area contributed by atoms with Crippen LogP contribution in [-0.4, -0.2) is 24.0 Å². The van der Waals surface area contributed by atoms with Crippen molar-refractivity contribution in [1.29, 1.82) is 0 Å². The van der Waals surface area contributed by atoms with Crippen LogP contribution in [0.3, 0.4) is 0 Å². The number of amides is 1. The first-order valence-electron chi connectivity index (χ1n) is 8.16. The van der Waals surface area contributed by atoms with Gasteiger partial charge in [-0.2, -0.15) is 0 Å². The van der Waals surface area contributed by atoms with E-state index < -0.39 is 12.1 Å². The zero-order valence-corrected chi connectivity index (χ0v) is 14.2. The Bertz CT molecular complexity index is 784. The van der Waals surface area contributed by atoms with Crippen LogP contribution < -0.4 is 4.90 Å². The number of anilines is 1. The van der Waals surface area contributed by atoms with E-state index in [1.807, 2.05) is 44.2 Å². The highest BCUT2D eigenvalue weighted by Crippen LogP contribution is 2.32. The number of carbonyl (C=O) groups excluding carboxylic acids is 2. The molecule has 124 valence electrons. The quantitative estimate of drug-likeness (QED) is 0.812. The lowest BCUT2D eigenvalue weighted by atomic mass is 10.1. The first-order chi connectivity index (χ1) is 11.5. The van der Waals surface area contributed by atoms with Crippen molar-refractivity contribution in [1.82, 2.24) is 0 Å². The number of benzene rings is 2. The van der Waals surface area contributed by atoms with Crippen LogP contribution >= 0.6 is 0 Å². The van der Waals surface area contributed by atoms with Gasteiger partial charge in [0.25, 0.3) is 5.91 Å². The summed E-state index contributed by atoms with van der Waals surface area (Å²) >= 11 is 0. The molecule has 0 fully saturated rings. The molecule has 1 aliphatic rings. The van der Waals surface area contributed by atoms with Crippen LogP contribution in [0.4, 0.5) is 5.69 Å². The number of carbonyl (C=O) groups is 2. The van der Waals surface area contributed by atoms with Gasteiger partial charge in [0, 0.05) is 11.7 Å². The fourth-order valence-electron chi connectivity index (χ4n) is 3.15. The largest absolute Gasteiger partial charge is 0.449 e. The molecule has 3 rings (SSSR count). The molecule has 1 aliphatic heterocycles. The minimum atomic E-state index is -0.827. The van der Waals surface area contributed by atoms with Crippen molar-refractivity contribution in [3.05, 3.63) is 65.2 Å². The van der Waals surface area contributed by atoms with Gasteiger partial charge in [-0.1, -0.05) is 35.9 Å². The summed E-state index contributed by atoms with van der Waals surface area (Å²) in [5.41, 5.74) is 3.50. The third-order valence-electron chi connectivity index (χ3n) is 4.33. The second-order valence-corrected chi connectivity index (χ2v) is 6.31. The molecule has 0 aromatic heterocycles. The number of aryl methyl sites for hydroxylation is 1. The standard InChI is InChI=1S/C20H21NO3/c1-13-7-6-9-17(11-13)20(23)24-15(3)19(22)21-14(2)12-16-8-4-5-10-18(16)21/h4-11,14-15H,12H2,1-3H3/t14-,15+/m0/s1. The molecule has 0 aliphatic carbocycles. The van der Waals surface area contributed by atoms with Gasteiger partial charge in [0.1, 0.15) is 0 Å². The highest BCUT2D eigenvalue weighted by molar-refractivity contribution is 6.00. The Morgan fingerprint density at radius 3 is 2.67 bits per heavy atom. The predicted octanol–water partition coefficient (Wildman–Crippen LogP) is 3.52. The van der Waals surface area contributed by atoms with Gasteiger partial charge >= 0.3 is 5.97 Å². The summed E-state index contributed by atoms with van der Waals surface area (Å²) < 4.78 is 5.40. The van der Waals surface area contributed by atoms with E-state index in [9.17, 15) is 9.59 Å². The normalized spacial score (nSPS) is 17.3. The zero-order valence-electron chi connectivity index (χ0n) is 14.2. The summed E-state index contributed by atoms with van der Waals surface area (Å²) in [5, 5.41) is 0. The molecule has 1 amide bonds. The first-order valence-corrected chi connectivity index (χ1v) is 8.16. The lowest BCUT2D eigenvalue weighted by Crippen LogP contribution is -2.43. The second-order valence-electron chi connectivity index (χ2n) is 6.31. The lowest BCUT2D eigenvalue weighted by molar-refractivity contribution is -0.126. The van der Waals surface area contributed by atoms with Gasteiger partial charge in [-0.15, -0.1) is 0 Å². The molecule has 0 bridgehead atoms. The van der Waals surface area contributed by atoms with Gasteiger partial charge in [-0.05, 0) is 51.0 Å². The fraction of sp³-hybridized carbons (Fsp3) is 0.300. The molecule has 0 spiro atoms. The van der Waals surface area contributed by atoms with Crippen molar-refractivity contribution in [2.45, 2.75) is 39.3 Å². The summed E-state index contributed by atoms with van der Waals surface area (Å²) in [6, 6.07) is 15.1. The molecule has 0 unspecified atom stereocenters. The number of nitrogens with zero attached hydrogens (tertiary/aromatic N) is 1. The average molecular weight is 323 g/mol. The van der Waals surface area contributed by atoms with Crippen molar-refractivity contribution in [2.75, 3.05) is 4.90 Å². The molecule has 1 heterocycles. The number of esters is 1. The lowest BCUT2D eigenvalue weighted by Gasteiger charge is -2.26. The third kappa shape index (κ3) is 3.04. The average Bonchev–Trinajstić information content (AvgIpc) is 2.89. The van der Waals surface area contributed by atoms with Gasteiger partial charge in [-0.25, -0.2) is 4.79 Å². The minimum absolute atomic E-state index is 0.0648. The number of rotatable bonds is 3. The van der Waals surface area contributed by atoms with Crippen LogP contribution in [0.5, 0.6) is 0 Å². The minimum Gasteiger partial charge on any atom is -0.449 e. The summed E-state index contributed by atoms with van der Waals surface area (Å²) in [5.74, 6) is -0.659. The van der Waals surface area contributed by atoms with Gasteiger partial charge in [-0.3, -0.25) is 4.79 Å². The predicted molar refractivity (Wildman–Crippen MR) is 93.2 cm³/mol. The smallest absolute Gasteiger partial charge is 0.338 e. The molecule has 4 heteroatoms. The zero-order chi connectivity index (χ0) is 17.3. The Kier molecular flexibility index (Phi) is 4.38. The SMILES string of the molecule is Cc1cccc(C(=O)O[C@H](C)C(=O)N2c3ccccc3C[C@@H]2C)c1. The number of ether oxygens (including phenoxy) is 1. The number of fused-ring (bicyclic) bond motifs is 1. The van der Waals surface area contributed by atoms with Crippen molar-refractivity contribution in [3.63, 3.8) is 0 Å². The van der Waals surface area contributed by atoms with Gasteiger partial charge < -0.3 is 9.64 Å². The third-order valence-corrected chi connectivity index (χ3v) is 4.33. The summed E-state index contributed by atoms with van der Waals surface area (Å²) in [6.07, 6.45) is -0.00730. The monoisotopic (exact) mass is 323 g/mol. The fourth-order valence-corrected chi connectivity index (χ4v) is 3.15. The van der Waals surface area contributed by atoms with Gasteiger partial charge in [0.2, 0.25) is 0 Å². The van der Waals surface area contributed by atoms with Crippen LogP contribution in [0.25, 0.3) is 0 Å². The molecule has 0 saturated carbocycles. The van der Waals surface area contributed by atoms with Crippen LogP contribution in [0.1, 0.15) is 35.3 Å². The van der Waals surface area contributed by atoms with Gasteiger partial charge in [0.15, 0.2) is 6.10 Å². The molecule has 0 N–H and O–H groups in total. The molecular weight excluding hydrogens is 302 g/mol. The first kappa shape index (κ1) is 16.2. The molecule has 24 heavy (non-hydrogen) atoms. The molecule has 0 saturated heterocycles. The summed E-state index contributed by atoms with van der Waals surface area (Å²) in [7, 11) is 0. The van der Waals surface area contributed by atoms with Crippen LogP contribution in [-0.2, 0) is 16.0 Å². The Balaban J connectivity index is 1.75. The number of para-hydroxylation sites is 1. The molecule has 4 nitrogen and oxygen atoms in total. The Morgan fingerprint density at radius 2 is 1.92 bits per heavy atom. The van der Waals surface area contributed by atoms with Gasteiger partial charge in [0.05, 0.1) is 5.56 Å². The summed E-state index contributed by atoms with van der Waals surface area (Å²) in [4.78, 5) is 26.8. The van der Waals surface area contributed by atoms with Crippen LogP contribution in [0, 0.1) is 6.92 Å². The number of hydrogen-bond acceptors (Lipinski definition) is 3. The maximum atomic E-state index is 12.8. The van der Waals surface area contributed by atoms with Crippen LogP contribution in [0.15, 0.2) is 48.5 Å². The van der Waals surface area contributed by atoms with Crippen molar-refractivity contribution in [2.24, 2.45) is 0 Å². The second kappa shape index (κ2) is 6.48. The number of hydrogen-bond donors (Lipinski definition) is 0. The molecular formula is C20H21NO3. The Labute approximate surface area is 142 Å².